The number of hydrogen-bond donors (Lipinski definition) is 3. The SMILES string of the molecule is CNc1cc(-n2ncc3cc(C#N)cnc32)ncc1-c1nnc([C@H]2CC[C@H](NC(=O)CN3CCN(c4ccc5c(c4)C(=O)N(C4CCC(=O)NC4=O)C5=O)CC3)CC2)s1. The van der Waals surface area contributed by atoms with Gasteiger partial charge in [0.15, 0.2) is 16.5 Å². The summed E-state index contributed by atoms with van der Waals surface area (Å²) in [5, 5.41) is 33.9. The van der Waals surface area contributed by atoms with Crippen LogP contribution in [-0.2, 0) is 14.4 Å². The van der Waals surface area contributed by atoms with Crippen molar-refractivity contribution in [3.8, 4) is 22.5 Å². The highest BCUT2D eigenvalue weighted by Crippen LogP contribution is 2.39. The molecule has 4 aliphatic rings. The number of rotatable bonds is 9. The Labute approximate surface area is 341 Å². The van der Waals surface area contributed by atoms with E-state index in [9.17, 15) is 29.2 Å². The third kappa shape index (κ3) is 7.25. The number of fused-ring (bicyclic) bond motifs is 2. The molecule has 9 rings (SSSR count). The topological polar surface area (TPSA) is 224 Å². The van der Waals surface area contributed by atoms with Crippen LogP contribution in [0, 0.1) is 11.3 Å². The summed E-state index contributed by atoms with van der Waals surface area (Å²) in [5.41, 5.74) is 4.02. The molecule has 3 N–H and O–H groups in total. The highest BCUT2D eigenvalue weighted by Gasteiger charge is 2.45. The molecule has 7 heterocycles. The van der Waals surface area contributed by atoms with Gasteiger partial charge < -0.3 is 15.5 Å². The number of nitrogens with one attached hydrogen (secondary N) is 3. The first-order chi connectivity index (χ1) is 28.7. The van der Waals surface area contributed by atoms with Gasteiger partial charge in [0.25, 0.3) is 11.8 Å². The Kier molecular flexibility index (Phi) is 10.0. The Morgan fingerprint density at radius 2 is 1.71 bits per heavy atom. The minimum absolute atomic E-state index is 0.00312. The predicted molar refractivity (Wildman–Crippen MR) is 215 cm³/mol. The van der Waals surface area contributed by atoms with E-state index in [0.717, 1.165) is 62.9 Å². The first kappa shape index (κ1) is 37.9. The summed E-state index contributed by atoms with van der Waals surface area (Å²) in [6.07, 6.45) is 8.59. The maximum absolute atomic E-state index is 13.3. The molecule has 2 saturated heterocycles. The van der Waals surface area contributed by atoms with Gasteiger partial charge in [0, 0.05) is 86.8 Å². The van der Waals surface area contributed by atoms with Gasteiger partial charge in [-0.25, -0.2) is 9.97 Å². The van der Waals surface area contributed by atoms with Crippen LogP contribution in [-0.4, -0.2) is 121 Å². The summed E-state index contributed by atoms with van der Waals surface area (Å²) in [7, 11) is 1.84. The zero-order chi connectivity index (χ0) is 40.8. The Balaban J connectivity index is 0.750. The Bertz CT molecular complexity index is 2570. The van der Waals surface area contributed by atoms with E-state index >= 15 is 0 Å². The van der Waals surface area contributed by atoms with E-state index in [-0.39, 0.29) is 41.8 Å². The van der Waals surface area contributed by atoms with Crippen LogP contribution in [0.3, 0.4) is 0 Å². The molecule has 1 aliphatic carbocycles. The number of aromatic nitrogens is 6. The van der Waals surface area contributed by atoms with Gasteiger partial charge in [-0.15, -0.1) is 10.2 Å². The van der Waals surface area contributed by atoms with Crippen LogP contribution in [0.4, 0.5) is 11.4 Å². The Morgan fingerprint density at radius 1 is 0.915 bits per heavy atom. The minimum atomic E-state index is -1.00. The van der Waals surface area contributed by atoms with E-state index in [1.807, 2.05) is 19.2 Å². The molecule has 18 nitrogen and oxygen atoms in total. The van der Waals surface area contributed by atoms with Gasteiger partial charge >= 0.3 is 0 Å². The maximum Gasteiger partial charge on any atom is 0.262 e. The molecule has 1 atom stereocenters. The number of carbonyl (C=O) groups is 5. The summed E-state index contributed by atoms with van der Waals surface area (Å²) in [6, 6.07) is 9.95. The van der Waals surface area contributed by atoms with Crippen LogP contribution in [0.15, 0.2) is 48.9 Å². The lowest BCUT2D eigenvalue weighted by Gasteiger charge is -2.36. The summed E-state index contributed by atoms with van der Waals surface area (Å²) in [5.74, 6) is -1.28. The van der Waals surface area contributed by atoms with Gasteiger partial charge in [-0.3, -0.25) is 39.1 Å². The fourth-order valence-corrected chi connectivity index (χ4v) is 9.41. The van der Waals surface area contributed by atoms with Crippen molar-refractivity contribution < 1.29 is 24.0 Å². The summed E-state index contributed by atoms with van der Waals surface area (Å²) in [6.45, 7) is 2.88. The largest absolute Gasteiger partial charge is 0.387 e. The molecule has 3 fully saturated rings. The molecule has 1 saturated carbocycles. The number of piperazine rings is 1. The number of pyridine rings is 2. The molecular weight excluding hydrogens is 775 g/mol. The molecule has 0 spiro atoms. The molecule has 3 aliphatic heterocycles. The second-order valence-electron chi connectivity index (χ2n) is 15.1. The van der Waals surface area contributed by atoms with Crippen LogP contribution in [0.25, 0.3) is 27.4 Å². The number of piperidine rings is 1. The van der Waals surface area contributed by atoms with Gasteiger partial charge in [-0.05, 0) is 56.4 Å². The average Bonchev–Trinajstić information content (AvgIpc) is 3.98. The highest BCUT2D eigenvalue weighted by molar-refractivity contribution is 7.14. The lowest BCUT2D eigenvalue weighted by Crippen LogP contribution is -2.54. The number of anilines is 2. The number of carbonyl (C=O) groups excluding carboxylic acids is 5. The fraction of sp³-hybridized carbons (Fsp3) is 0.375. The molecule has 300 valence electrons. The predicted octanol–water partition coefficient (Wildman–Crippen LogP) is 2.61. The molecule has 1 aromatic carbocycles. The first-order valence-corrected chi connectivity index (χ1v) is 20.4. The third-order valence-corrected chi connectivity index (χ3v) is 12.7. The van der Waals surface area contributed by atoms with Gasteiger partial charge in [0.2, 0.25) is 17.7 Å². The van der Waals surface area contributed by atoms with Gasteiger partial charge in [-0.1, -0.05) is 11.3 Å². The van der Waals surface area contributed by atoms with Crippen LogP contribution >= 0.6 is 11.3 Å². The van der Waals surface area contributed by atoms with Crippen molar-refractivity contribution in [2.75, 3.05) is 50.0 Å². The lowest BCUT2D eigenvalue weighted by atomic mass is 9.86. The molecule has 19 heteroatoms. The van der Waals surface area contributed by atoms with Gasteiger partial charge in [0.05, 0.1) is 35.0 Å². The zero-order valence-corrected chi connectivity index (χ0v) is 32.9. The normalized spacial score (nSPS) is 21.1. The quantitative estimate of drug-likeness (QED) is 0.182. The number of amides is 5. The van der Waals surface area contributed by atoms with Crippen molar-refractivity contribution in [3.05, 3.63) is 70.6 Å². The molecule has 1 unspecified atom stereocenters. The van der Waals surface area contributed by atoms with Crippen LogP contribution < -0.4 is 20.9 Å². The molecule has 5 amide bonds. The molecule has 59 heavy (non-hydrogen) atoms. The molecule has 5 aromatic rings. The highest BCUT2D eigenvalue weighted by atomic mass is 32.1. The van der Waals surface area contributed by atoms with E-state index in [1.54, 1.807) is 46.6 Å². The number of nitrogens with zero attached hydrogens (tertiary/aromatic N) is 10. The molecule has 0 radical (unpaired) electrons. The van der Waals surface area contributed by atoms with Crippen molar-refractivity contribution in [2.45, 2.75) is 56.5 Å². The summed E-state index contributed by atoms with van der Waals surface area (Å²) < 4.78 is 1.64. The third-order valence-electron chi connectivity index (χ3n) is 11.6. The second kappa shape index (κ2) is 15.6. The zero-order valence-electron chi connectivity index (χ0n) is 32.1. The van der Waals surface area contributed by atoms with Crippen molar-refractivity contribution in [2.24, 2.45) is 0 Å². The molecule has 4 aromatic heterocycles. The van der Waals surface area contributed by atoms with Gasteiger partial charge in [-0.2, -0.15) is 15.0 Å². The van der Waals surface area contributed by atoms with Crippen molar-refractivity contribution >= 4 is 63.3 Å². The summed E-state index contributed by atoms with van der Waals surface area (Å²) in [4.78, 5) is 77.9. The van der Waals surface area contributed by atoms with E-state index in [2.05, 4.69) is 57.1 Å². The van der Waals surface area contributed by atoms with Crippen molar-refractivity contribution in [3.63, 3.8) is 0 Å². The standard InChI is InChI=1S/C40H39N13O5S/c1-42-30-16-32(53-35-24(19-45-53)14-22(17-41)18-44-35)43-20-29(30)38-49-48-37(59-38)23-2-4-25(5-3-23)46-34(55)21-50-10-12-51(13-11-50)26-6-7-27-28(15-26)40(58)52(39(27)57)31-8-9-33(54)47-36(31)56/h6-7,14-16,18-20,23,25,31H,2-5,8-13,21H2,1H3,(H,42,43)(H,46,55)(H,47,54,56)/t23-,25-,31?. The molecular formula is C40H39N13O5S. The summed E-state index contributed by atoms with van der Waals surface area (Å²) >= 11 is 1.56. The van der Waals surface area contributed by atoms with Crippen LogP contribution in [0.1, 0.15) is 75.7 Å². The number of benzene rings is 1. The Hall–Kier alpha value is -6.65. The first-order valence-electron chi connectivity index (χ1n) is 19.6. The number of hydrogen-bond acceptors (Lipinski definition) is 15. The monoisotopic (exact) mass is 813 g/mol. The maximum atomic E-state index is 13.3. The van der Waals surface area contributed by atoms with E-state index in [1.165, 1.54) is 6.20 Å². The number of imide groups is 2. The van der Waals surface area contributed by atoms with Crippen molar-refractivity contribution in [1.82, 2.24) is 50.4 Å². The second-order valence-corrected chi connectivity index (χ2v) is 16.2. The van der Waals surface area contributed by atoms with Crippen LogP contribution in [0.2, 0.25) is 0 Å². The number of nitriles is 1. The van der Waals surface area contributed by atoms with Gasteiger partial charge in [0.1, 0.15) is 17.1 Å². The minimum Gasteiger partial charge on any atom is -0.387 e. The van der Waals surface area contributed by atoms with E-state index in [4.69, 9.17) is 0 Å². The fourth-order valence-electron chi connectivity index (χ4n) is 8.38. The van der Waals surface area contributed by atoms with Crippen LogP contribution in [0.5, 0.6) is 0 Å². The van der Waals surface area contributed by atoms with Crippen molar-refractivity contribution in [1.29, 1.82) is 5.26 Å². The molecule has 0 bridgehead atoms. The average molecular weight is 814 g/mol. The smallest absolute Gasteiger partial charge is 0.262 e. The lowest BCUT2D eigenvalue weighted by molar-refractivity contribution is -0.136. The van der Waals surface area contributed by atoms with E-state index < -0.39 is 29.7 Å². The van der Waals surface area contributed by atoms with E-state index in [0.29, 0.717) is 49.8 Å². The Morgan fingerprint density at radius 3 is 2.47 bits per heavy atom.